The van der Waals surface area contributed by atoms with Gasteiger partial charge in [-0.05, 0) is 12.2 Å². The first kappa shape index (κ1) is 13.3. The molecule has 0 aliphatic rings. The standard InChI is InChI=1S/C11H18N2O2/c1-4-11(14)13-8-10(12)7-5-6-9(2)15-3/h5-7H,2,4,8,12H2,1,3H3,(H,13,14)/b6-5-,10-7-. The van der Waals surface area contributed by atoms with Crippen molar-refractivity contribution < 1.29 is 9.53 Å². The first-order chi connectivity index (χ1) is 7.10. The Hall–Kier alpha value is -1.71. The number of allylic oxidation sites excluding steroid dienone is 3. The highest BCUT2D eigenvalue weighted by molar-refractivity contribution is 5.75. The molecule has 84 valence electrons. The van der Waals surface area contributed by atoms with Crippen LogP contribution in [0.3, 0.4) is 0 Å². The van der Waals surface area contributed by atoms with Crippen molar-refractivity contribution in [1.29, 1.82) is 0 Å². The molecule has 0 spiro atoms. The van der Waals surface area contributed by atoms with E-state index in [2.05, 4.69) is 11.9 Å². The zero-order chi connectivity index (χ0) is 11.7. The van der Waals surface area contributed by atoms with Crippen molar-refractivity contribution in [2.75, 3.05) is 13.7 Å². The summed E-state index contributed by atoms with van der Waals surface area (Å²) in [5.41, 5.74) is 6.21. The molecule has 3 N–H and O–H groups in total. The molecule has 0 rings (SSSR count). The highest BCUT2D eigenvalue weighted by Gasteiger charge is 1.95. The molecule has 0 aromatic rings. The number of amides is 1. The van der Waals surface area contributed by atoms with E-state index in [-0.39, 0.29) is 5.91 Å². The largest absolute Gasteiger partial charge is 0.497 e. The quantitative estimate of drug-likeness (QED) is 0.509. The van der Waals surface area contributed by atoms with Crippen LogP contribution in [0.2, 0.25) is 0 Å². The molecule has 0 fully saturated rings. The average Bonchev–Trinajstić information content (AvgIpc) is 2.25. The number of nitrogens with two attached hydrogens (primary N) is 1. The van der Waals surface area contributed by atoms with Crippen LogP contribution in [0.25, 0.3) is 0 Å². The second-order valence-electron chi connectivity index (χ2n) is 2.90. The smallest absolute Gasteiger partial charge is 0.220 e. The van der Waals surface area contributed by atoms with E-state index in [1.807, 2.05) is 0 Å². The predicted octanol–water partition coefficient (Wildman–Crippen LogP) is 1.07. The van der Waals surface area contributed by atoms with E-state index >= 15 is 0 Å². The summed E-state index contributed by atoms with van der Waals surface area (Å²) in [5, 5.41) is 2.66. The van der Waals surface area contributed by atoms with E-state index in [1.165, 1.54) is 0 Å². The van der Waals surface area contributed by atoms with Gasteiger partial charge >= 0.3 is 0 Å². The SMILES string of the molecule is C=C(/C=C\C=C(/N)CNC(=O)CC)OC. The molecule has 0 bridgehead atoms. The molecule has 4 heteroatoms. The van der Waals surface area contributed by atoms with Gasteiger partial charge in [-0.2, -0.15) is 0 Å². The van der Waals surface area contributed by atoms with Crippen molar-refractivity contribution in [2.24, 2.45) is 5.73 Å². The number of carbonyl (C=O) groups excluding carboxylic acids is 1. The first-order valence-electron chi connectivity index (χ1n) is 4.72. The summed E-state index contributed by atoms with van der Waals surface area (Å²) < 4.78 is 4.83. The van der Waals surface area contributed by atoms with Gasteiger partial charge in [-0.3, -0.25) is 4.79 Å². The van der Waals surface area contributed by atoms with Crippen LogP contribution in [-0.2, 0) is 9.53 Å². The number of nitrogens with one attached hydrogen (secondary N) is 1. The molecule has 0 aliphatic heterocycles. The Labute approximate surface area is 90.5 Å². The Balaban J connectivity index is 3.94. The molecule has 0 atom stereocenters. The van der Waals surface area contributed by atoms with Crippen LogP contribution in [0.4, 0.5) is 0 Å². The number of rotatable bonds is 6. The maximum absolute atomic E-state index is 10.9. The topological polar surface area (TPSA) is 64.3 Å². The van der Waals surface area contributed by atoms with Crippen molar-refractivity contribution >= 4 is 5.91 Å². The summed E-state index contributed by atoms with van der Waals surface area (Å²) in [5.74, 6) is 0.535. The Morgan fingerprint density at radius 1 is 1.60 bits per heavy atom. The lowest BCUT2D eigenvalue weighted by Gasteiger charge is -2.02. The summed E-state index contributed by atoms with van der Waals surface area (Å²) in [6, 6.07) is 0. The fraction of sp³-hybridized carbons (Fsp3) is 0.364. The maximum atomic E-state index is 10.9. The minimum atomic E-state index is -0.0170. The van der Waals surface area contributed by atoms with E-state index in [4.69, 9.17) is 10.5 Å². The van der Waals surface area contributed by atoms with Crippen LogP contribution in [0.1, 0.15) is 13.3 Å². The summed E-state index contributed by atoms with van der Waals surface area (Å²) in [7, 11) is 1.54. The van der Waals surface area contributed by atoms with Crippen molar-refractivity contribution in [2.45, 2.75) is 13.3 Å². The van der Waals surface area contributed by atoms with Gasteiger partial charge in [-0.1, -0.05) is 19.6 Å². The monoisotopic (exact) mass is 210 g/mol. The highest BCUT2D eigenvalue weighted by Crippen LogP contribution is 1.93. The van der Waals surface area contributed by atoms with E-state index in [9.17, 15) is 4.79 Å². The number of hydrogen-bond acceptors (Lipinski definition) is 3. The minimum absolute atomic E-state index is 0.0170. The second kappa shape index (κ2) is 7.67. The molecule has 0 aliphatic carbocycles. The maximum Gasteiger partial charge on any atom is 0.220 e. The molecule has 0 saturated heterocycles. The Kier molecular flexibility index (Phi) is 6.80. The fourth-order valence-corrected chi connectivity index (χ4v) is 0.732. The third-order valence-electron chi connectivity index (χ3n) is 1.67. The molecule has 0 heterocycles. The molecule has 0 radical (unpaired) electrons. The molecule has 0 aromatic carbocycles. The number of ether oxygens (including phenoxy) is 1. The van der Waals surface area contributed by atoms with Crippen molar-refractivity contribution in [3.63, 3.8) is 0 Å². The fourth-order valence-electron chi connectivity index (χ4n) is 0.732. The van der Waals surface area contributed by atoms with E-state index in [0.29, 0.717) is 24.4 Å². The highest BCUT2D eigenvalue weighted by atomic mass is 16.5. The lowest BCUT2D eigenvalue weighted by Crippen LogP contribution is -2.26. The third-order valence-corrected chi connectivity index (χ3v) is 1.67. The molecule has 15 heavy (non-hydrogen) atoms. The summed E-state index contributed by atoms with van der Waals surface area (Å²) in [4.78, 5) is 10.9. The Morgan fingerprint density at radius 3 is 2.80 bits per heavy atom. The van der Waals surface area contributed by atoms with E-state index in [0.717, 1.165) is 0 Å². The lowest BCUT2D eigenvalue weighted by molar-refractivity contribution is -0.120. The van der Waals surface area contributed by atoms with Crippen LogP contribution in [-0.4, -0.2) is 19.6 Å². The van der Waals surface area contributed by atoms with Gasteiger partial charge < -0.3 is 15.8 Å². The van der Waals surface area contributed by atoms with Crippen molar-refractivity contribution in [3.8, 4) is 0 Å². The van der Waals surface area contributed by atoms with Gasteiger partial charge in [0.2, 0.25) is 5.91 Å². The van der Waals surface area contributed by atoms with Crippen LogP contribution >= 0.6 is 0 Å². The zero-order valence-electron chi connectivity index (χ0n) is 9.25. The number of carbonyl (C=O) groups is 1. The number of hydrogen-bond donors (Lipinski definition) is 2. The van der Waals surface area contributed by atoms with Gasteiger partial charge in [0, 0.05) is 12.1 Å². The summed E-state index contributed by atoms with van der Waals surface area (Å²) >= 11 is 0. The molecular weight excluding hydrogens is 192 g/mol. The van der Waals surface area contributed by atoms with Crippen LogP contribution in [0, 0.1) is 0 Å². The van der Waals surface area contributed by atoms with Crippen LogP contribution in [0.15, 0.2) is 36.3 Å². The van der Waals surface area contributed by atoms with Gasteiger partial charge in [-0.15, -0.1) is 0 Å². The summed E-state index contributed by atoms with van der Waals surface area (Å²) in [6.07, 6.45) is 5.57. The van der Waals surface area contributed by atoms with Crippen LogP contribution in [0.5, 0.6) is 0 Å². The first-order valence-corrected chi connectivity index (χ1v) is 4.72. The molecule has 1 amide bonds. The Bertz CT molecular complexity index is 280. The molecule has 4 nitrogen and oxygen atoms in total. The van der Waals surface area contributed by atoms with Gasteiger partial charge in [0.05, 0.1) is 13.7 Å². The molecule has 0 aromatic heterocycles. The molecule has 0 unspecified atom stereocenters. The molecular formula is C11H18N2O2. The normalized spacial score (nSPS) is 11.5. The lowest BCUT2D eigenvalue weighted by atomic mass is 10.3. The zero-order valence-corrected chi connectivity index (χ0v) is 9.25. The predicted molar refractivity (Wildman–Crippen MR) is 60.9 cm³/mol. The number of methoxy groups -OCH3 is 1. The third kappa shape index (κ3) is 7.37. The van der Waals surface area contributed by atoms with Gasteiger partial charge in [0.1, 0.15) is 5.76 Å². The van der Waals surface area contributed by atoms with Crippen LogP contribution < -0.4 is 11.1 Å². The van der Waals surface area contributed by atoms with Gasteiger partial charge in [-0.25, -0.2) is 0 Å². The molecule has 0 saturated carbocycles. The van der Waals surface area contributed by atoms with Crippen molar-refractivity contribution in [1.82, 2.24) is 5.32 Å². The Morgan fingerprint density at radius 2 is 2.27 bits per heavy atom. The average molecular weight is 210 g/mol. The minimum Gasteiger partial charge on any atom is -0.497 e. The van der Waals surface area contributed by atoms with Gasteiger partial charge in [0.15, 0.2) is 0 Å². The van der Waals surface area contributed by atoms with E-state index in [1.54, 1.807) is 32.3 Å². The second-order valence-corrected chi connectivity index (χ2v) is 2.90. The van der Waals surface area contributed by atoms with Gasteiger partial charge in [0.25, 0.3) is 0 Å². The summed E-state index contributed by atoms with van der Waals surface area (Å²) in [6.45, 7) is 5.76. The van der Waals surface area contributed by atoms with E-state index < -0.39 is 0 Å². The van der Waals surface area contributed by atoms with Crippen molar-refractivity contribution in [3.05, 3.63) is 36.3 Å².